The lowest BCUT2D eigenvalue weighted by atomic mass is 9.92. The van der Waals surface area contributed by atoms with Crippen LogP contribution in [0.25, 0.3) is 0 Å². The summed E-state index contributed by atoms with van der Waals surface area (Å²) in [5.41, 5.74) is -0.601. The van der Waals surface area contributed by atoms with Gasteiger partial charge in [-0.05, 0) is 32.1 Å². The highest BCUT2D eigenvalue weighted by atomic mass is 16.3. The Morgan fingerprint density at radius 1 is 1.33 bits per heavy atom. The minimum atomic E-state index is -0.601. The predicted octanol–water partition coefficient (Wildman–Crippen LogP) is 1.94. The fraction of sp³-hybridized carbons (Fsp3) is 1.00. The van der Waals surface area contributed by atoms with Gasteiger partial charge in [-0.3, -0.25) is 0 Å². The molecule has 2 N–H and O–H groups in total. The number of hydrogen-bond donors (Lipinski definition) is 2. The van der Waals surface area contributed by atoms with E-state index in [9.17, 15) is 10.2 Å². The van der Waals surface area contributed by atoms with E-state index in [1.807, 2.05) is 27.7 Å². The lowest BCUT2D eigenvalue weighted by molar-refractivity contribution is 0.0209. The lowest BCUT2D eigenvalue weighted by Gasteiger charge is -2.23. The Kier molecular flexibility index (Phi) is 4.80. The monoisotopic (exact) mass is 174 g/mol. The van der Waals surface area contributed by atoms with Crippen molar-refractivity contribution in [3.05, 3.63) is 0 Å². The van der Waals surface area contributed by atoms with Crippen LogP contribution in [0, 0.1) is 5.92 Å². The molecule has 2 heteroatoms. The van der Waals surface area contributed by atoms with Gasteiger partial charge in [-0.25, -0.2) is 0 Å². The van der Waals surface area contributed by atoms with Gasteiger partial charge in [0.25, 0.3) is 0 Å². The van der Waals surface area contributed by atoms with Crippen molar-refractivity contribution in [1.82, 2.24) is 0 Å². The molecule has 0 aliphatic carbocycles. The molecule has 74 valence electrons. The van der Waals surface area contributed by atoms with Crippen molar-refractivity contribution in [3.63, 3.8) is 0 Å². The van der Waals surface area contributed by atoms with Gasteiger partial charge in [-0.1, -0.05) is 20.8 Å². The Hall–Kier alpha value is -0.0800. The molecule has 0 amide bonds. The van der Waals surface area contributed by atoms with Gasteiger partial charge in [0.05, 0.1) is 11.7 Å². The molecule has 0 fully saturated rings. The van der Waals surface area contributed by atoms with Gasteiger partial charge in [0.15, 0.2) is 0 Å². The van der Waals surface area contributed by atoms with Crippen LogP contribution in [0.15, 0.2) is 0 Å². The van der Waals surface area contributed by atoms with Gasteiger partial charge in [0, 0.05) is 0 Å². The van der Waals surface area contributed by atoms with Crippen molar-refractivity contribution in [2.45, 2.75) is 58.7 Å². The molecular weight excluding hydrogens is 152 g/mol. The molecule has 0 spiro atoms. The first-order valence-corrected chi connectivity index (χ1v) is 4.79. The molecule has 0 heterocycles. The molecule has 0 saturated heterocycles. The Balaban J connectivity index is 3.67. The Labute approximate surface area is 75.6 Å². The normalized spacial score (nSPS) is 19.2. The fourth-order valence-electron chi connectivity index (χ4n) is 0.969. The largest absolute Gasteiger partial charge is 0.393 e. The summed E-state index contributed by atoms with van der Waals surface area (Å²) in [6.45, 7) is 7.76. The number of hydrogen-bond acceptors (Lipinski definition) is 2. The Morgan fingerprint density at radius 2 is 1.83 bits per heavy atom. The second kappa shape index (κ2) is 4.83. The van der Waals surface area contributed by atoms with E-state index >= 15 is 0 Å². The first-order chi connectivity index (χ1) is 5.39. The highest BCUT2D eigenvalue weighted by molar-refractivity contribution is 4.73. The van der Waals surface area contributed by atoms with E-state index in [1.54, 1.807) is 0 Å². The molecule has 0 saturated carbocycles. The van der Waals surface area contributed by atoms with Crippen LogP contribution >= 0.6 is 0 Å². The lowest BCUT2D eigenvalue weighted by Crippen LogP contribution is -2.26. The first-order valence-electron chi connectivity index (χ1n) is 4.79. The molecule has 2 nitrogen and oxygen atoms in total. The molecular formula is C10H22O2. The SMILES string of the molecule is CCC(C)(O)CCC(O)C(C)C. The van der Waals surface area contributed by atoms with Gasteiger partial charge < -0.3 is 10.2 Å². The number of rotatable bonds is 5. The van der Waals surface area contributed by atoms with E-state index < -0.39 is 5.60 Å². The molecule has 12 heavy (non-hydrogen) atoms. The van der Waals surface area contributed by atoms with Gasteiger partial charge in [-0.15, -0.1) is 0 Å². The molecule has 0 aromatic rings. The summed E-state index contributed by atoms with van der Waals surface area (Å²) < 4.78 is 0. The maximum absolute atomic E-state index is 9.64. The molecule has 0 aromatic carbocycles. The second-order valence-electron chi connectivity index (χ2n) is 4.20. The Bertz CT molecular complexity index is 119. The third-order valence-electron chi connectivity index (χ3n) is 2.51. The summed E-state index contributed by atoms with van der Waals surface area (Å²) in [5.74, 6) is 0.289. The van der Waals surface area contributed by atoms with Crippen LogP contribution in [0.2, 0.25) is 0 Å². The molecule has 0 aliphatic heterocycles. The minimum absolute atomic E-state index is 0.275. The van der Waals surface area contributed by atoms with Gasteiger partial charge in [-0.2, -0.15) is 0 Å². The van der Waals surface area contributed by atoms with E-state index in [2.05, 4.69) is 0 Å². The van der Waals surface area contributed by atoms with Crippen molar-refractivity contribution in [2.24, 2.45) is 5.92 Å². The van der Waals surface area contributed by atoms with Crippen molar-refractivity contribution < 1.29 is 10.2 Å². The maximum atomic E-state index is 9.64. The summed E-state index contributed by atoms with van der Waals surface area (Å²) >= 11 is 0. The van der Waals surface area contributed by atoms with E-state index in [4.69, 9.17) is 0 Å². The van der Waals surface area contributed by atoms with Crippen LogP contribution in [-0.4, -0.2) is 21.9 Å². The average molecular weight is 174 g/mol. The molecule has 0 rings (SSSR count). The average Bonchev–Trinajstić information content (AvgIpc) is 2.00. The van der Waals surface area contributed by atoms with Crippen LogP contribution in [0.1, 0.15) is 47.0 Å². The standard InChI is InChI=1S/C10H22O2/c1-5-10(4,12)7-6-9(11)8(2)3/h8-9,11-12H,5-7H2,1-4H3. The zero-order valence-corrected chi connectivity index (χ0v) is 8.67. The van der Waals surface area contributed by atoms with Crippen molar-refractivity contribution >= 4 is 0 Å². The molecule has 0 aromatic heterocycles. The third-order valence-corrected chi connectivity index (χ3v) is 2.51. The first kappa shape index (κ1) is 11.9. The van der Waals surface area contributed by atoms with Crippen molar-refractivity contribution in [1.29, 1.82) is 0 Å². The van der Waals surface area contributed by atoms with Crippen LogP contribution in [-0.2, 0) is 0 Å². The van der Waals surface area contributed by atoms with E-state index in [0.717, 1.165) is 6.42 Å². The summed E-state index contributed by atoms with van der Waals surface area (Å²) in [6.07, 6.45) is 1.85. The molecule has 2 unspecified atom stereocenters. The van der Waals surface area contributed by atoms with Crippen LogP contribution in [0.4, 0.5) is 0 Å². The molecule has 0 bridgehead atoms. The zero-order chi connectivity index (χ0) is 9.78. The van der Waals surface area contributed by atoms with Crippen LogP contribution in [0.3, 0.4) is 0 Å². The number of aliphatic hydroxyl groups excluding tert-OH is 1. The highest BCUT2D eigenvalue weighted by Gasteiger charge is 2.20. The summed E-state index contributed by atoms with van der Waals surface area (Å²) in [5, 5.41) is 19.1. The van der Waals surface area contributed by atoms with Crippen molar-refractivity contribution in [3.8, 4) is 0 Å². The van der Waals surface area contributed by atoms with Gasteiger partial charge in [0.2, 0.25) is 0 Å². The molecule has 0 radical (unpaired) electrons. The molecule has 0 aliphatic rings. The fourth-order valence-corrected chi connectivity index (χ4v) is 0.969. The topological polar surface area (TPSA) is 40.5 Å². The second-order valence-corrected chi connectivity index (χ2v) is 4.20. The smallest absolute Gasteiger partial charge is 0.0618 e. The predicted molar refractivity (Wildman–Crippen MR) is 51.0 cm³/mol. The Morgan fingerprint density at radius 3 is 2.17 bits per heavy atom. The van der Waals surface area contributed by atoms with Crippen LogP contribution < -0.4 is 0 Å². The number of aliphatic hydroxyl groups is 2. The summed E-state index contributed by atoms with van der Waals surface area (Å²) in [4.78, 5) is 0. The minimum Gasteiger partial charge on any atom is -0.393 e. The maximum Gasteiger partial charge on any atom is 0.0618 e. The zero-order valence-electron chi connectivity index (χ0n) is 8.67. The summed E-state index contributed by atoms with van der Waals surface area (Å²) in [7, 11) is 0. The van der Waals surface area contributed by atoms with Crippen molar-refractivity contribution in [2.75, 3.05) is 0 Å². The highest BCUT2D eigenvalue weighted by Crippen LogP contribution is 2.19. The van der Waals surface area contributed by atoms with Gasteiger partial charge in [0.1, 0.15) is 0 Å². The summed E-state index contributed by atoms with van der Waals surface area (Å²) in [6, 6.07) is 0. The molecule has 2 atom stereocenters. The van der Waals surface area contributed by atoms with E-state index in [1.165, 1.54) is 0 Å². The van der Waals surface area contributed by atoms with Crippen LogP contribution in [0.5, 0.6) is 0 Å². The quantitative estimate of drug-likeness (QED) is 0.668. The van der Waals surface area contributed by atoms with Gasteiger partial charge >= 0.3 is 0 Å². The third kappa shape index (κ3) is 4.73. The van der Waals surface area contributed by atoms with E-state index in [-0.39, 0.29) is 12.0 Å². The van der Waals surface area contributed by atoms with E-state index in [0.29, 0.717) is 12.8 Å².